The van der Waals surface area contributed by atoms with Gasteiger partial charge < -0.3 is 44.9 Å². The van der Waals surface area contributed by atoms with Crippen LogP contribution in [0.5, 0.6) is 11.8 Å². The Morgan fingerprint density at radius 1 is 0.762 bits per heavy atom. The third-order valence-electron chi connectivity index (χ3n) is 10.8. The predicted octanol–water partition coefficient (Wildman–Crippen LogP) is 6.54. The number of hydrogen-bond acceptors (Lipinski definition) is 13. The van der Waals surface area contributed by atoms with Crippen LogP contribution in [0, 0.1) is 5.92 Å². The van der Waals surface area contributed by atoms with Crippen LogP contribution in [-0.4, -0.2) is 113 Å². The molecule has 2 atom stereocenters. The number of ketones is 2. The Morgan fingerprint density at radius 2 is 1.25 bits per heavy atom. The smallest absolute Gasteiger partial charge is 0.226 e. The molecule has 1 amide bonds. The van der Waals surface area contributed by atoms with Crippen molar-refractivity contribution in [3.63, 3.8) is 0 Å². The number of nitrogens with two attached hydrogens (primary N) is 1. The number of aromatic nitrogens is 6. The van der Waals surface area contributed by atoms with Crippen LogP contribution in [0.25, 0.3) is 44.3 Å². The maximum absolute atomic E-state index is 12.8. The Morgan fingerprint density at radius 3 is 1.76 bits per heavy atom. The van der Waals surface area contributed by atoms with Crippen LogP contribution in [0.1, 0.15) is 76.1 Å². The zero-order valence-electron chi connectivity index (χ0n) is 36.8. The average Bonchev–Trinajstić information content (AvgIpc) is 4.00. The first-order valence-corrected chi connectivity index (χ1v) is 21.5. The molecule has 6 aromatic rings. The Labute approximate surface area is 367 Å². The highest BCUT2D eigenvalue weighted by atomic mass is 16.5. The van der Waals surface area contributed by atoms with Crippen LogP contribution in [-0.2, 0) is 23.9 Å². The number of carbonyl (C=O) groups excluding carboxylic acids is 3. The fraction of sp³-hybridized carbons (Fsp3) is 0.426. The van der Waals surface area contributed by atoms with E-state index in [2.05, 4.69) is 40.1 Å². The van der Waals surface area contributed by atoms with Crippen LogP contribution in [0.3, 0.4) is 0 Å². The first-order chi connectivity index (χ1) is 30.6. The molecule has 63 heavy (non-hydrogen) atoms. The van der Waals surface area contributed by atoms with Crippen LogP contribution < -0.4 is 20.5 Å². The topological polar surface area (TPSA) is 213 Å². The molecule has 4 aromatic heterocycles. The number of nitrogens with one attached hydrogen (secondary N) is 3. The van der Waals surface area contributed by atoms with E-state index < -0.39 is 6.04 Å². The second-order valence-corrected chi connectivity index (χ2v) is 15.6. The van der Waals surface area contributed by atoms with E-state index in [0.717, 1.165) is 57.4 Å². The predicted molar refractivity (Wildman–Crippen MR) is 241 cm³/mol. The molecule has 1 saturated heterocycles. The van der Waals surface area contributed by atoms with Crippen LogP contribution in [0.4, 0.5) is 0 Å². The zero-order chi connectivity index (χ0) is 44.7. The van der Waals surface area contributed by atoms with Gasteiger partial charge in [0.1, 0.15) is 29.3 Å². The Balaban J connectivity index is 0.000000215. The van der Waals surface area contributed by atoms with Gasteiger partial charge in [-0.1, -0.05) is 50.2 Å². The van der Waals surface area contributed by atoms with E-state index in [1.54, 1.807) is 26.6 Å². The number of methoxy groups -OCH3 is 2. The lowest BCUT2D eigenvalue weighted by Crippen LogP contribution is -2.52. The van der Waals surface area contributed by atoms with E-state index >= 15 is 0 Å². The molecule has 0 aliphatic carbocycles. The second-order valence-electron chi connectivity index (χ2n) is 15.6. The minimum Gasteiger partial charge on any atom is -0.480 e. The SMILES string of the molecule is CCC(=O)CCCOC[C@H](N)c1ncc(-c2cc3ccccc3nc2OC)[nH]1.CCC(=O)CCCOC[C@H](NC(=O)C1CN(C)C1)c1ncc(-c2cc3ccccc3nc2OC)[nH]1. The van der Waals surface area contributed by atoms with E-state index in [-0.39, 0.29) is 36.0 Å². The normalized spacial score (nSPS) is 13.8. The van der Waals surface area contributed by atoms with Crippen LogP contribution >= 0.6 is 0 Å². The summed E-state index contributed by atoms with van der Waals surface area (Å²) in [6.45, 7) is 6.75. The first-order valence-electron chi connectivity index (χ1n) is 21.5. The maximum Gasteiger partial charge on any atom is 0.226 e. The molecule has 16 heteroatoms. The summed E-state index contributed by atoms with van der Waals surface area (Å²) in [4.78, 5) is 62.4. The molecule has 0 unspecified atom stereocenters. The van der Waals surface area contributed by atoms with Crippen LogP contribution in [0.2, 0.25) is 0 Å². The monoisotopic (exact) mass is 861 g/mol. The van der Waals surface area contributed by atoms with Crippen molar-refractivity contribution in [2.24, 2.45) is 11.7 Å². The lowest BCUT2D eigenvalue weighted by molar-refractivity contribution is -0.131. The molecule has 1 fully saturated rings. The number of fused-ring (bicyclic) bond motifs is 2. The van der Waals surface area contributed by atoms with Gasteiger partial charge in [-0.25, -0.2) is 19.9 Å². The molecule has 2 aromatic carbocycles. The van der Waals surface area contributed by atoms with Gasteiger partial charge >= 0.3 is 0 Å². The highest BCUT2D eigenvalue weighted by molar-refractivity contribution is 5.86. The number of benzene rings is 2. The number of likely N-dealkylation sites (tertiary alicyclic amines) is 1. The standard InChI is InChI=1S/C26H33N5O4.C21H26N4O3/c1-4-19(32)9-7-11-35-16-23(29-25(33)18-14-31(2)15-18)24-27-13-22(28-24)20-12-17-8-5-6-10-21(17)30-26(20)34-3;1-3-15(26)8-6-10-28-13-17(22)20-23-12-19(24-20)16-11-14-7-4-5-9-18(14)25-21(16)27-2/h5-6,8,10,12-13,18,23H,4,7,9,11,14-16H2,1-3H3,(H,27,28)(H,29,33);4-5,7,9,11-12,17H,3,6,8,10,13,22H2,1-2H3,(H,23,24)/t23-;17-/m00/s1. The number of ether oxygens (including phenoxy) is 4. The molecule has 7 rings (SSSR count). The number of aromatic amines is 2. The molecule has 1 aliphatic heterocycles. The van der Waals surface area contributed by atoms with Crippen molar-refractivity contribution in [2.45, 2.75) is 64.5 Å². The van der Waals surface area contributed by atoms with Crippen LogP contribution in [0.15, 0.2) is 73.1 Å². The molecule has 0 bridgehead atoms. The molecule has 5 N–H and O–H groups in total. The number of H-pyrrole nitrogens is 2. The van der Waals surface area contributed by atoms with E-state index in [0.29, 0.717) is 81.8 Å². The Bertz CT molecular complexity index is 2440. The fourth-order valence-electron chi connectivity index (χ4n) is 7.14. The number of para-hydroxylation sites is 2. The molecule has 0 radical (unpaired) electrons. The number of hydrogen-bond donors (Lipinski definition) is 4. The summed E-state index contributed by atoms with van der Waals surface area (Å²) in [5.41, 5.74) is 11.0. The number of nitrogens with zero attached hydrogens (tertiary/aromatic N) is 5. The Hall–Kier alpha value is -6.07. The van der Waals surface area contributed by atoms with Crippen molar-refractivity contribution in [2.75, 3.05) is 60.8 Å². The number of amides is 1. The summed E-state index contributed by atoms with van der Waals surface area (Å²) in [7, 11) is 5.18. The number of Topliss-reactive ketones (excluding diaryl/α,β-unsaturated/α-hetero) is 2. The molecule has 16 nitrogen and oxygen atoms in total. The summed E-state index contributed by atoms with van der Waals surface area (Å²) in [6.07, 6.45) is 6.97. The van der Waals surface area contributed by atoms with Crippen molar-refractivity contribution in [3.8, 4) is 34.3 Å². The minimum atomic E-state index is -0.441. The third kappa shape index (κ3) is 12.5. The molecule has 1 aliphatic rings. The first kappa shape index (κ1) is 46.4. The third-order valence-corrected chi connectivity index (χ3v) is 10.8. The van der Waals surface area contributed by atoms with Gasteiger partial charge in [0.05, 0.1) is 85.3 Å². The fourth-order valence-corrected chi connectivity index (χ4v) is 7.14. The number of carbonyl (C=O) groups is 3. The molecular weight excluding hydrogens is 803 g/mol. The number of imidazole rings is 2. The van der Waals surface area contributed by atoms with E-state index in [4.69, 9.17) is 24.7 Å². The van der Waals surface area contributed by atoms with Crippen molar-refractivity contribution in [1.29, 1.82) is 0 Å². The average molecular weight is 862 g/mol. The summed E-state index contributed by atoms with van der Waals surface area (Å²) >= 11 is 0. The molecular formula is C47H59N9O7. The van der Waals surface area contributed by atoms with Crippen molar-refractivity contribution in [3.05, 3.63) is 84.7 Å². The number of rotatable bonds is 22. The summed E-state index contributed by atoms with van der Waals surface area (Å²) in [5.74, 6) is 2.68. The highest BCUT2D eigenvalue weighted by Crippen LogP contribution is 2.32. The Kier molecular flexibility index (Phi) is 16.8. The number of pyridine rings is 2. The van der Waals surface area contributed by atoms with Gasteiger partial charge in [0, 0.05) is 62.8 Å². The van der Waals surface area contributed by atoms with Gasteiger partial charge in [0.25, 0.3) is 0 Å². The quantitative estimate of drug-likeness (QED) is 0.0535. The largest absolute Gasteiger partial charge is 0.480 e. The maximum atomic E-state index is 12.8. The van der Waals surface area contributed by atoms with E-state index in [9.17, 15) is 14.4 Å². The summed E-state index contributed by atoms with van der Waals surface area (Å²) in [5, 5.41) is 5.10. The van der Waals surface area contributed by atoms with Gasteiger partial charge in [-0.3, -0.25) is 14.4 Å². The summed E-state index contributed by atoms with van der Waals surface area (Å²) in [6, 6.07) is 18.9. The van der Waals surface area contributed by atoms with Gasteiger partial charge in [-0.2, -0.15) is 0 Å². The van der Waals surface area contributed by atoms with Gasteiger partial charge in [0.15, 0.2) is 0 Å². The van der Waals surface area contributed by atoms with Gasteiger partial charge in [-0.15, -0.1) is 0 Å². The second kappa shape index (κ2) is 22.9. The summed E-state index contributed by atoms with van der Waals surface area (Å²) < 4.78 is 22.4. The van der Waals surface area contributed by atoms with Gasteiger partial charge in [0.2, 0.25) is 17.7 Å². The van der Waals surface area contributed by atoms with E-state index in [1.165, 1.54) is 0 Å². The zero-order valence-corrected chi connectivity index (χ0v) is 36.8. The molecule has 0 saturated carbocycles. The molecule has 5 heterocycles. The van der Waals surface area contributed by atoms with Gasteiger partial charge in [-0.05, 0) is 44.2 Å². The lowest BCUT2D eigenvalue weighted by Gasteiger charge is -2.35. The molecule has 0 spiro atoms. The van der Waals surface area contributed by atoms with Crippen molar-refractivity contribution < 1.29 is 33.3 Å². The lowest BCUT2D eigenvalue weighted by atomic mass is 10.00. The van der Waals surface area contributed by atoms with Crippen molar-refractivity contribution >= 4 is 39.3 Å². The molecule has 334 valence electrons. The van der Waals surface area contributed by atoms with E-state index in [1.807, 2.05) is 81.6 Å². The van der Waals surface area contributed by atoms with Crippen molar-refractivity contribution in [1.82, 2.24) is 40.1 Å². The highest BCUT2D eigenvalue weighted by Gasteiger charge is 2.32. The minimum absolute atomic E-state index is 0.0132.